The molecule has 0 atom stereocenters. The molecule has 1 aromatic carbocycles. The molecule has 1 heterocycles. The Labute approximate surface area is 112 Å². The van der Waals surface area contributed by atoms with Crippen LogP contribution in [0.15, 0.2) is 48.5 Å². The fourth-order valence-electron chi connectivity index (χ4n) is 2.43. The highest BCUT2D eigenvalue weighted by Crippen LogP contribution is 2.38. The highest BCUT2D eigenvalue weighted by atomic mass is 35.5. The van der Waals surface area contributed by atoms with E-state index in [1.54, 1.807) is 6.07 Å². The molecular weight excluding hydrogens is 244 g/mol. The zero-order valence-corrected chi connectivity index (χ0v) is 10.8. The molecule has 1 fully saturated rings. The SMILES string of the molecule is Clc1cccc(NC2CC(c3ccccc3)C2)n1. The van der Waals surface area contributed by atoms with Gasteiger partial charge in [0.25, 0.3) is 0 Å². The van der Waals surface area contributed by atoms with Crippen LogP contribution in [0.2, 0.25) is 5.15 Å². The summed E-state index contributed by atoms with van der Waals surface area (Å²) >= 11 is 5.86. The molecule has 0 saturated heterocycles. The summed E-state index contributed by atoms with van der Waals surface area (Å²) in [4.78, 5) is 4.25. The van der Waals surface area contributed by atoms with E-state index in [1.807, 2.05) is 12.1 Å². The summed E-state index contributed by atoms with van der Waals surface area (Å²) in [5, 5.41) is 3.96. The Kier molecular flexibility index (Phi) is 3.20. The quantitative estimate of drug-likeness (QED) is 0.839. The van der Waals surface area contributed by atoms with E-state index in [0.29, 0.717) is 17.1 Å². The first-order valence-electron chi connectivity index (χ1n) is 6.25. The smallest absolute Gasteiger partial charge is 0.131 e. The van der Waals surface area contributed by atoms with E-state index in [2.05, 4.69) is 40.6 Å². The predicted molar refractivity (Wildman–Crippen MR) is 75.1 cm³/mol. The van der Waals surface area contributed by atoms with Gasteiger partial charge in [-0.3, -0.25) is 0 Å². The first-order valence-corrected chi connectivity index (χ1v) is 6.63. The van der Waals surface area contributed by atoms with Crippen molar-refractivity contribution in [2.24, 2.45) is 0 Å². The van der Waals surface area contributed by atoms with Crippen LogP contribution in [-0.2, 0) is 0 Å². The second kappa shape index (κ2) is 4.99. The van der Waals surface area contributed by atoms with Crippen LogP contribution in [0, 0.1) is 0 Å². The lowest BCUT2D eigenvalue weighted by atomic mass is 9.76. The van der Waals surface area contributed by atoms with Crippen molar-refractivity contribution >= 4 is 17.4 Å². The van der Waals surface area contributed by atoms with Gasteiger partial charge >= 0.3 is 0 Å². The molecule has 0 bridgehead atoms. The van der Waals surface area contributed by atoms with Crippen LogP contribution in [0.1, 0.15) is 24.3 Å². The van der Waals surface area contributed by atoms with E-state index >= 15 is 0 Å². The molecule has 0 radical (unpaired) electrons. The van der Waals surface area contributed by atoms with E-state index in [0.717, 1.165) is 18.7 Å². The highest BCUT2D eigenvalue weighted by molar-refractivity contribution is 6.29. The number of anilines is 1. The van der Waals surface area contributed by atoms with Crippen molar-refractivity contribution in [3.05, 3.63) is 59.2 Å². The molecule has 92 valence electrons. The summed E-state index contributed by atoms with van der Waals surface area (Å²) < 4.78 is 0. The van der Waals surface area contributed by atoms with Gasteiger partial charge in [0.05, 0.1) is 0 Å². The Bertz CT molecular complexity index is 521. The van der Waals surface area contributed by atoms with Gasteiger partial charge in [0, 0.05) is 6.04 Å². The molecule has 3 rings (SSSR count). The van der Waals surface area contributed by atoms with Gasteiger partial charge in [-0.15, -0.1) is 0 Å². The third-order valence-corrected chi connectivity index (χ3v) is 3.69. The highest BCUT2D eigenvalue weighted by Gasteiger charge is 2.30. The van der Waals surface area contributed by atoms with Crippen molar-refractivity contribution in [3.8, 4) is 0 Å². The summed E-state index contributed by atoms with van der Waals surface area (Å²) in [6.07, 6.45) is 2.33. The molecule has 1 saturated carbocycles. The average Bonchev–Trinajstić information content (AvgIpc) is 2.34. The minimum Gasteiger partial charge on any atom is -0.367 e. The maximum Gasteiger partial charge on any atom is 0.131 e. The fourth-order valence-corrected chi connectivity index (χ4v) is 2.59. The Balaban J connectivity index is 1.57. The van der Waals surface area contributed by atoms with Gasteiger partial charge in [-0.1, -0.05) is 48.0 Å². The summed E-state index contributed by atoms with van der Waals surface area (Å²) in [6, 6.07) is 16.9. The molecule has 0 unspecified atom stereocenters. The van der Waals surface area contributed by atoms with Crippen molar-refractivity contribution in [2.45, 2.75) is 24.8 Å². The van der Waals surface area contributed by atoms with Crippen LogP contribution < -0.4 is 5.32 Å². The average molecular weight is 259 g/mol. The third kappa shape index (κ3) is 2.49. The summed E-state index contributed by atoms with van der Waals surface area (Å²) in [5.41, 5.74) is 1.44. The van der Waals surface area contributed by atoms with Gasteiger partial charge in [-0.25, -0.2) is 4.98 Å². The first kappa shape index (κ1) is 11.5. The maximum absolute atomic E-state index is 5.86. The van der Waals surface area contributed by atoms with Crippen LogP contribution in [-0.4, -0.2) is 11.0 Å². The standard InChI is InChI=1S/C15H15ClN2/c16-14-7-4-8-15(18-14)17-13-9-12(10-13)11-5-2-1-3-6-11/h1-8,12-13H,9-10H2,(H,17,18). The number of halogens is 1. The van der Waals surface area contributed by atoms with Crippen LogP contribution >= 0.6 is 11.6 Å². The largest absolute Gasteiger partial charge is 0.367 e. The van der Waals surface area contributed by atoms with Gasteiger partial charge in [-0.2, -0.15) is 0 Å². The Hall–Kier alpha value is -1.54. The van der Waals surface area contributed by atoms with Crippen LogP contribution in [0.3, 0.4) is 0 Å². The monoisotopic (exact) mass is 258 g/mol. The normalized spacial score (nSPS) is 22.3. The second-order valence-electron chi connectivity index (χ2n) is 4.77. The van der Waals surface area contributed by atoms with E-state index in [-0.39, 0.29) is 0 Å². The number of hydrogen-bond acceptors (Lipinski definition) is 2. The maximum atomic E-state index is 5.86. The zero-order chi connectivity index (χ0) is 12.4. The van der Waals surface area contributed by atoms with Crippen molar-refractivity contribution in [1.82, 2.24) is 4.98 Å². The van der Waals surface area contributed by atoms with Gasteiger partial charge < -0.3 is 5.32 Å². The van der Waals surface area contributed by atoms with E-state index in [4.69, 9.17) is 11.6 Å². The molecule has 1 aliphatic rings. The van der Waals surface area contributed by atoms with Crippen LogP contribution in [0.5, 0.6) is 0 Å². The molecule has 2 aromatic rings. The lowest BCUT2D eigenvalue weighted by molar-refractivity contribution is 0.373. The molecule has 3 heteroatoms. The van der Waals surface area contributed by atoms with E-state index < -0.39 is 0 Å². The van der Waals surface area contributed by atoms with Gasteiger partial charge in [-0.05, 0) is 36.5 Å². The summed E-state index contributed by atoms with van der Waals surface area (Å²) in [7, 11) is 0. The molecule has 1 N–H and O–H groups in total. The third-order valence-electron chi connectivity index (χ3n) is 3.48. The molecule has 2 nitrogen and oxygen atoms in total. The number of rotatable bonds is 3. The summed E-state index contributed by atoms with van der Waals surface area (Å²) in [6.45, 7) is 0. The minimum absolute atomic E-state index is 0.515. The summed E-state index contributed by atoms with van der Waals surface area (Å²) in [5.74, 6) is 1.56. The van der Waals surface area contributed by atoms with Crippen LogP contribution in [0.25, 0.3) is 0 Å². The molecule has 0 aliphatic heterocycles. The van der Waals surface area contributed by atoms with Crippen molar-refractivity contribution in [1.29, 1.82) is 0 Å². The van der Waals surface area contributed by atoms with Gasteiger partial charge in [0.15, 0.2) is 0 Å². The van der Waals surface area contributed by atoms with Gasteiger partial charge in [0.1, 0.15) is 11.0 Å². The zero-order valence-electron chi connectivity index (χ0n) is 10.0. The van der Waals surface area contributed by atoms with Gasteiger partial charge in [0.2, 0.25) is 0 Å². The second-order valence-corrected chi connectivity index (χ2v) is 5.15. The van der Waals surface area contributed by atoms with E-state index in [9.17, 15) is 0 Å². The number of aromatic nitrogens is 1. The molecule has 1 aliphatic carbocycles. The Morgan fingerprint density at radius 2 is 1.78 bits per heavy atom. The topological polar surface area (TPSA) is 24.9 Å². The Morgan fingerprint density at radius 1 is 1.00 bits per heavy atom. The lowest BCUT2D eigenvalue weighted by Gasteiger charge is -2.36. The lowest BCUT2D eigenvalue weighted by Crippen LogP contribution is -2.34. The van der Waals surface area contributed by atoms with Crippen molar-refractivity contribution in [2.75, 3.05) is 5.32 Å². The number of benzene rings is 1. The number of nitrogens with one attached hydrogen (secondary N) is 1. The minimum atomic E-state index is 0.515. The molecule has 1 aromatic heterocycles. The predicted octanol–water partition coefficient (Wildman–Crippen LogP) is 4.09. The van der Waals surface area contributed by atoms with Crippen LogP contribution in [0.4, 0.5) is 5.82 Å². The first-order chi connectivity index (χ1) is 8.81. The number of pyridine rings is 1. The fraction of sp³-hybridized carbons (Fsp3) is 0.267. The van der Waals surface area contributed by atoms with Crippen molar-refractivity contribution < 1.29 is 0 Å². The van der Waals surface area contributed by atoms with E-state index in [1.165, 1.54) is 5.56 Å². The molecule has 18 heavy (non-hydrogen) atoms. The number of nitrogens with zero attached hydrogens (tertiary/aromatic N) is 1. The molecule has 0 amide bonds. The molecular formula is C15H15ClN2. The van der Waals surface area contributed by atoms with Crippen molar-refractivity contribution in [3.63, 3.8) is 0 Å². The Morgan fingerprint density at radius 3 is 2.50 bits per heavy atom. The molecule has 0 spiro atoms. The number of hydrogen-bond donors (Lipinski definition) is 1.